The van der Waals surface area contributed by atoms with Gasteiger partial charge >= 0.3 is 0 Å². The molecule has 0 unspecified atom stereocenters. The number of aromatic amines is 1. The minimum absolute atomic E-state index is 0.133. The molecule has 1 aliphatic heterocycles. The number of nitrogens with zero attached hydrogens (tertiary/aromatic N) is 6. The van der Waals surface area contributed by atoms with Crippen LogP contribution in [0.4, 0.5) is 5.82 Å². The lowest BCUT2D eigenvalue weighted by atomic mass is 10.1. The summed E-state index contributed by atoms with van der Waals surface area (Å²) >= 11 is 0. The van der Waals surface area contributed by atoms with Gasteiger partial charge in [0, 0.05) is 36.6 Å². The van der Waals surface area contributed by atoms with Gasteiger partial charge in [-0.1, -0.05) is 6.92 Å². The van der Waals surface area contributed by atoms with Gasteiger partial charge in [0.2, 0.25) is 0 Å². The van der Waals surface area contributed by atoms with E-state index in [1.807, 2.05) is 23.7 Å². The summed E-state index contributed by atoms with van der Waals surface area (Å²) in [4.78, 5) is 29.9. The minimum Gasteiger partial charge on any atom is -0.356 e. The van der Waals surface area contributed by atoms with Crippen LogP contribution in [0.1, 0.15) is 31.5 Å². The Morgan fingerprint density at radius 2 is 2.12 bits per heavy atom. The van der Waals surface area contributed by atoms with Gasteiger partial charge in [0.15, 0.2) is 0 Å². The molecule has 134 valence electrons. The van der Waals surface area contributed by atoms with Crippen molar-refractivity contribution < 1.29 is 0 Å². The molecule has 0 aromatic carbocycles. The van der Waals surface area contributed by atoms with Crippen LogP contribution in [0.2, 0.25) is 0 Å². The van der Waals surface area contributed by atoms with Gasteiger partial charge in [-0.25, -0.2) is 19.6 Å². The lowest BCUT2D eigenvalue weighted by Gasteiger charge is -2.32. The predicted molar refractivity (Wildman–Crippen MR) is 98.0 cm³/mol. The van der Waals surface area contributed by atoms with Gasteiger partial charge in [-0.15, -0.1) is 0 Å². The van der Waals surface area contributed by atoms with E-state index in [4.69, 9.17) is 0 Å². The van der Waals surface area contributed by atoms with Crippen molar-refractivity contribution in [1.29, 1.82) is 0 Å². The smallest absolute Gasteiger partial charge is 0.251 e. The van der Waals surface area contributed by atoms with Crippen molar-refractivity contribution in [3.63, 3.8) is 0 Å². The fourth-order valence-corrected chi connectivity index (χ4v) is 3.30. The lowest BCUT2D eigenvalue weighted by Crippen LogP contribution is -2.35. The Balaban J connectivity index is 1.47. The van der Waals surface area contributed by atoms with E-state index < -0.39 is 0 Å². The Labute approximate surface area is 151 Å². The van der Waals surface area contributed by atoms with Crippen molar-refractivity contribution in [2.24, 2.45) is 0 Å². The van der Waals surface area contributed by atoms with Crippen molar-refractivity contribution in [2.75, 3.05) is 18.0 Å². The highest BCUT2D eigenvalue weighted by molar-refractivity contribution is 5.56. The van der Waals surface area contributed by atoms with Crippen molar-refractivity contribution in [1.82, 2.24) is 29.7 Å². The topological polar surface area (TPSA) is 92.6 Å². The average molecular weight is 351 g/mol. The molecule has 1 fully saturated rings. The molecule has 0 atom stereocenters. The molecule has 0 aliphatic carbocycles. The minimum atomic E-state index is -0.133. The second-order valence-corrected chi connectivity index (χ2v) is 6.44. The molecule has 0 saturated carbocycles. The molecule has 0 spiro atoms. The Morgan fingerprint density at radius 1 is 1.27 bits per heavy atom. The van der Waals surface area contributed by atoms with Crippen molar-refractivity contribution >= 4 is 5.82 Å². The molecule has 3 aromatic heterocycles. The van der Waals surface area contributed by atoms with Crippen molar-refractivity contribution in [3.05, 3.63) is 53.1 Å². The molecule has 8 heteroatoms. The van der Waals surface area contributed by atoms with Crippen LogP contribution in [0.3, 0.4) is 0 Å². The van der Waals surface area contributed by atoms with Crippen LogP contribution >= 0.6 is 0 Å². The SMILES string of the molecule is CCc1cc(=O)[nH]c(-c2ccc(N3CCC(n4cncn4)CC3)nc2)n1. The van der Waals surface area contributed by atoms with E-state index in [1.165, 1.54) is 6.07 Å². The van der Waals surface area contributed by atoms with Crippen LogP contribution in [0, 0.1) is 0 Å². The summed E-state index contributed by atoms with van der Waals surface area (Å²) in [5, 5.41) is 4.24. The Bertz CT molecular complexity index is 909. The second kappa shape index (κ2) is 7.07. The summed E-state index contributed by atoms with van der Waals surface area (Å²) in [5.41, 5.74) is 1.47. The molecular weight excluding hydrogens is 330 g/mol. The third-order valence-electron chi connectivity index (χ3n) is 4.78. The molecule has 26 heavy (non-hydrogen) atoms. The van der Waals surface area contributed by atoms with Gasteiger partial charge < -0.3 is 9.88 Å². The Morgan fingerprint density at radius 3 is 2.77 bits per heavy atom. The Hall–Kier alpha value is -3.03. The zero-order chi connectivity index (χ0) is 17.9. The highest BCUT2D eigenvalue weighted by Crippen LogP contribution is 2.25. The molecule has 4 heterocycles. The molecule has 8 nitrogen and oxygen atoms in total. The van der Waals surface area contributed by atoms with Crippen LogP contribution < -0.4 is 10.5 Å². The fraction of sp³-hybridized carbons (Fsp3) is 0.389. The van der Waals surface area contributed by atoms with Crippen LogP contribution in [0.15, 0.2) is 41.8 Å². The van der Waals surface area contributed by atoms with E-state index in [9.17, 15) is 4.79 Å². The summed E-state index contributed by atoms with van der Waals surface area (Å²) in [6, 6.07) is 5.89. The van der Waals surface area contributed by atoms with Crippen molar-refractivity contribution in [2.45, 2.75) is 32.2 Å². The summed E-state index contributed by atoms with van der Waals surface area (Å²) in [6.07, 6.45) is 7.89. The number of anilines is 1. The van der Waals surface area contributed by atoms with E-state index in [-0.39, 0.29) is 5.56 Å². The van der Waals surface area contributed by atoms with E-state index in [0.29, 0.717) is 11.9 Å². The molecule has 0 bridgehead atoms. The van der Waals surface area contributed by atoms with E-state index in [1.54, 1.807) is 18.9 Å². The number of rotatable bonds is 4. The number of hydrogen-bond donors (Lipinski definition) is 1. The summed E-state index contributed by atoms with van der Waals surface area (Å²) in [7, 11) is 0. The number of H-pyrrole nitrogens is 1. The third kappa shape index (κ3) is 3.35. The molecule has 0 amide bonds. The van der Waals surface area contributed by atoms with Gasteiger partial charge in [-0.2, -0.15) is 5.10 Å². The molecule has 3 aromatic rings. The number of pyridine rings is 1. The maximum atomic E-state index is 11.8. The fourth-order valence-electron chi connectivity index (χ4n) is 3.30. The first-order chi connectivity index (χ1) is 12.7. The first-order valence-electron chi connectivity index (χ1n) is 8.88. The molecule has 0 radical (unpaired) electrons. The highest BCUT2D eigenvalue weighted by atomic mass is 16.1. The maximum absolute atomic E-state index is 11.8. The zero-order valence-corrected chi connectivity index (χ0v) is 14.7. The first kappa shape index (κ1) is 16.4. The normalized spacial score (nSPS) is 15.3. The second-order valence-electron chi connectivity index (χ2n) is 6.44. The van der Waals surface area contributed by atoms with E-state index in [0.717, 1.165) is 49.4 Å². The molecule has 4 rings (SSSR count). The third-order valence-corrected chi connectivity index (χ3v) is 4.78. The number of hydrogen-bond acceptors (Lipinski definition) is 6. The van der Waals surface area contributed by atoms with Crippen molar-refractivity contribution in [3.8, 4) is 11.4 Å². The summed E-state index contributed by atoms with van der Waals surface area (Å²) in [5.74, 6) is 1.51. The molecule has 1 saturated heterocycles. The monoisotopic (exact) mass is 351 g/mol. The molecule has 1 N–H and O–H groups in total. The number of nitrogens with one attached hydrogen (secondary N) is 1. The van der Waals surface area contributed by atoms with Crippen LogP contribution in [0.25, 0.3) is 11.4 Å². The average Bonchev–Trinajstić information content (AvgIpc) is 3.22. The largest absolute Gasteiger partial charge is 0.356 e. The Kier molecular flexibility index (Phi) is 4.47. The van der Waals surface area contributed by atoms with Gasteiger partial charge in [-0.05, 0) is 31.4 Å². The highest BCUT2D eigenvalue weighted by Gasteiger charge is 2.21. The first-order valence-corrected chi connectivity index (χ1v) is 8.88. The summed E-state index contributed by atoms with van der Waals surface area (Å²) in [6.45, 7) is 3.84. The van der Waals surface area contributed by atoms with Gasteiger partial charge in [0.25, 0.3) is 5.56 Å². The van der Waals surface area contributed by atoms with Gasteiger partial charge in [0.1, 0.15) is 24.3 Å². The standard InChI is InChI=1S/C18H21N7O/c1-2-14-9-17(26)23-18(22-14)13-3-4-16(20-10-13)24-7-5-15(6-8-24)25-12-19-11-21-25/h3-4,9-12,15H,2,5-8H2,1H3,(H,22,23,26). The lowest BCUT2D eigenvalue weighted by molar-refractivity contribution is 0.365. The van der Waals surface area contributed by atoms with E-state index >= 15 is 0 Å². The molecule has 1 aliphatic rings. The maximum Gasteiger partial charge on any atom is 0.251 e. The molecular formula is C18H21N7O. The van der Waals surface area contributed by atoms with Crippen LogP contribution in [-0.4, -0.2) is 42.8 Å². The van der Waals surface area contributed by atoms with Gasteiger partial charge in [-0.3, -0.25) is 4.79 Å². The number of piperidine rings is 1. The number of aromatic nitrogens is 6. The van der Waals surface area contributed by atoms with Gasteiger partial charge in [0.05, 0.1) is 6.04 Å². The number of aryl methyl sites for hydroxylation is 1. The van der Waals surface area contributed by atoms with Crippen LogP contribution in [-0.2, 0) is 6.42 Å². The summed E-state index contributed by atoms with van der Waals surface area (Å²) < 4.78 is 1.94. The van der Waals surface area contributed by atoms with Crippen LogP contribution in [0.5, 0.6) is 0 Å². The quantitative estimate of drug-likeness (QED) is 0.771. The van der Waals surface area contributed by atoms with E-state index in [2.05, 4.69) is 29.9 Å². The predicted octanol–water partition coefficient (Wildman–Crippen LogP) is 1.83. The zero-order valence-electron chi connectivity index (χ0n) is 14.7.